The number of benzene rings is 2. The second kappa shape index (κ2) is 8.83. The summed E-state index contributed by atoms with van der Waals surface area (Å²) in [6, 6.07) is 17.0. The molecule has 0 saturated carbocycles. The molecule has 36 heavy (non-hydrogen) atoms. The van der Waals surface area contributed by atoms with Gasteiger partial charge in [0.25, 0.3) is 0 Å². The normalized spacial score (nSPS) is 12.4. The number of nitrogens with zero attached hydrogens (tertiary/aromatic N) is 4. The standard InChI is InChI=1S/C25H17F5N4O2/c1-15-12-18(20-4-2-3-5-21(20)31-15)14-35-24(26,27)23-33-32-22-11-8-17(13-34(22)23)16-6-9-19(10-7-16)36-25(28,29)30/h2-13H,14H2,1H3. The van der Waals surface area contributed by atoms with Gasteiger partial charge in [0.05, 0.1) is 12.1 Å². The molecule has 184 valence electrons. The van der Waals surface area contributed by atoms with E-state index in [-0.39, 0.29) is 5.65 Å². The summed E-state index contributed by atoms with van der Waals surface area (Å²) in [6.07, 6.45) is -7.24. The van der Waals surface area contributed by atoms with Crippen molar-refractivity contribution >= 4 is 16.6 Å². The first kappa shape index (κ1) is 23.6. The van der Waals surface area contributed by atoms with Crippen molar-refractivity contribution < 1.29 is 31.4 Å². The number of pyridine rings is 2. The van der Waals surface area contributed by atoms with E-state index in [1.807, 2.05) is 6.07 Å². The van der Waals surface area contributed by atoms with E-state index in [1.165, 1.54) is 24.4 Å². The van der Waals surface area contributed by atoms with Crippen LogP contribution in [-0.2, 0) is 17.5 Å². The van der Waals surface area contributed by atoms with Crippen LogP contribution in [0.3, 0.4) is 0 Å². The quantitative estimate of drug-likeness (QED) is 0.252. The number of hydrogen-bond donors (Lipinski definition) is 0. The van der Waals surface area contributed by atoms with Crippen molar-refractivity contribution in [3.63, 3.8) is 0 Å². The van der Waals surface area contributed by atoms with E-state index in [1.54, 1.807) is 37.3 Å². The summed E-state index contributed by atoms with van der Waals surface area (Å²) in [5.74, 6) is -1.12. The summed E-state index contributed by atoms with van der Waals surface area (Å²) in [7, 11) is 0. The van der Waals surface area contributed by atoms with E-state index in [9.17, 15) is 13.2 Å². The number of para-hydroxylation sites is 1. The summed E-state index contributed by atoms with van der Waals surface area (Å²) >= 11 is 0. The van der Waals surface area contributed by atoms with Gasteiger partial charge in [0.2, 0.25) is 5.82 Å². The Hall–Kier alpha value is -4.12. The molecule has 0 radical (unpaired) electrons. The van der Waals surface area contributed by atoms with Gasteiger partial charge in [0.15, 0.2) is 5.65 Å². The van der Waals surface area contributed by atoms with Crippen LogP contribution in [0.25, 0.3) is 27.7 Å². The van der Waals surface area contributed by atoms with E-state index in [0.29, 0.717) is 33.3 Å². The van der Waals surface area contributed by atoms with Crippen molar-refractivity contribution in [1.29, 1.82) is 0 Å². The monoisotopic (exact) mass is 500 g/mol. The van der Waals surface area contributed by atoms with Gasteiger partial charge in [0, 0.05) is 17.3 Å². The molecular weight excluding hydrogens is 483 g/mol. The predicted octanol–water partition coefficient (Wildman–Crippen LogP) is 6.42. The maximum atomic E-state index is 15.2. The van der Waals surface area contributed by atoms with Crippen LogP contribution >= 0.6 is 0 Å². The molecule has 3 aromatic heterocycles. The molecule has 0 atom stereocenters. The Balaban J connectivity index is 1.42. The van der Waals surface area contributed by atoms with Gasteiger partial charge < -0.3 is 9.47 Å². The zero-order valence-electron chi connectivity index (χ0n) is 18.6. The average molecular weight is 500 g/mol. The molecule has 5 rings (SSSR count). The molecule has 0 aliphatic heterocycles. The highest BCUT2D eigenvalue weighted by Crippen LogP contribution is 2.32. The SMILES string of the molecule is Cc1cc(COC(F)(F)c2nnc3ccc(-c4ccc(OC(F)(F)F)cc4)cn23)c2ccccc2n1. The summed E-state index contributed by atoms with van der Waals surface area (Å²) in [5, 5.41) is 8.12. The number of aryl methyl sites for hydroxylation is 1. The Morgan fingerprint density at radius 3 is 2.33 bits per heavy atom. The minimum Gasteiger partial charge on any atom is -0.406 e. The number of rotatable bonds is 6. The van der Waals surface area contributed by atoms with Gasteiger partial charge in [-0.25, -0.2) is 0 Å². The lowest BCUT2D eigenvalue weighted by Crippen LogP contribution is -2.22. The molecule has 2 aromatic carbocycles. The van der Waals surface area contributed by atoms with Crippen LogP contribution in [0.5, 0.6) is 5.75 Å². The Labute approximate surface area is 200 Å². The second-order valence-electron chi connectivity index (χ2n) is 7.99. The van der Waals surface area contributed by atoms with Crippen molar-refractivity contribution in [3.05, 3.63) is 90.0 Å². The second-order valence-corrected chi connectivity index (χ2v) is 7.99. The fourth-order valence-electron chi connectivity index (χ4n) is 3.86. The highest BCUT2D eigenvalue weighted by molar-refractivity contribution is 5.82. The van der Waals surface area contributed by atoms with Crippen LogP contribution in [0.1, 0.15) is 17.1 Å². The molecule has 3 heterocycles. The van der Waals surface area contributed by atoms with Crippen LogP contribution < -0.4 is 4.74 Å². The lowest BCUT2D eigenvalue weighted by molar-refractivity contribution is -0.274. The van der Waals surface area contributed by atoms with Gasteiger partial charge >= 0.3 is 12.5 Å². The number of fused-ring (bicyclic) bond motifs is 2. The lowest BCUT2D eigenvalue weighted by atomic mass is 10.1. The maximum absolute atomic E-state index is 15.2. The van der Waals surface area contributed by atoms with Gasteiger partial charge in [0.1, 0.15) is 5.75 Å². The summed E-state index contributed by atoms with van der Waals surface area (Å²) in [6.45, 7) is 1.37. The summed E-state index contributed by atoms with van der Waals surface area (Å²) < 4.78 is 77.5. The van der Waals surface area contributed by atoms with Crippen LogP contribution in [0.4, 0.5) is 22.0 Å². The number of hydrogen-bond acceptors (Lipinski definition) is 5. The lowest BCUT2D eigenvalue weighted by Gasteiger charge is -2.16. The Morgan fingerprint density at radius 1 is 0.861 bits per heavy atom. The number of ether oxygens (including phenoxy) is 2. The van der Waals surface area contributed by atoms with Gasteiger partial charge in [-0.2, -0.15) is 8.78 Å². The van der Waals surface area contributed by atoms with Crippen LogP contribution in [0, 0.1) is 6.92 Å². The molecule has 0 bridgehead atoms. The molecule has 6 nitrogen and oxygen atoms in total. The zero-order valence-corrected chi connectivity index (χ0v) is 18.6. The van der Waals surface area contributed by atoms with Crippen molar-refractivity contribution in [2.24, 2.45) is 0 Å². The summed E-state index contributed by atoms with van der Waals surface area (Å²) in [4.78, 5) is 4.40. The zero-order chi connectivity index (χ0) is 25.5. The highest BCUT2D eigenvalue weighted by atomic mass is 19.4. The van der Waals surface area contributed by atoms with Crippen molar-refractivity contribution in [2.45, 2.75) is 26.0 Å². The topological polar surface area (TPSA) is 61.5 Å². The first-order valence-electron chi connectivity index (χ1n) is 10.7. The predicted molar refractivity (Wildman–Crippen MR) is 120 cm³/mol. The fraction of sp³-hybridized carbons (Fsp3) is 0.160. The smallest absolute Gasteiger partial charge is 0.406 e. The molecule has 0 N–H and O–H groups in total. The summed E-state index contributed by atoms with van der Waals surface area (Å²) in [5.41, 5.74) is 2.97. The molecule has 0 fully saturated rings. The van der Waals surface area contributed by atoms with Crippen LogP contribution in [0.15, 0.2) is 72.9 Å². The van der Waals surface area contributed by atoms with E-state index in [2.05, 4.69) is 19.9 Å². The van der Waals surface area contributed by atoms with Crippen LogP contribution in [-0.4, -0.2) is 25.9 Å². The molecule has 5 aromatic rings. The Morgan fingerprint density at radius 2 is 1.58 bits per heavy atom. The largest absolute Gasteiger partial charge is 0.573 e. The average Bonchev–Trinajstić information content (AvgIpc) is 3.26. The van der Waals surface area contributed by atoms with Crippen molar-refractivity contribution in [1.82, 2.24) is 19.6 Å². The molecule has 0 aliphatic carbocycles. The minimum absolute atomic E-state index is 0.152. The third kappa shape index (κ3) is 4.82. The molecule has 0 aliphatic rings. The molecule has 0 saturated heterocycles. The van der Waals surface area contributed by atoms with E-state index in [4.69, 9.17) is 4.74 Å². The molecular formula is C25H17F5N4O2. The molecule has 0 spiro atoms. The van der Waals surface area contributed by atoms with E-state index >= 15 is 8.78 Å². The van der Waals surface area contributed by atoms with Crippen LogP contribution in [0.2, 0.25) is 0 Å². The third-order valence-electron chi connectivity index (χ3n) is 5.42. The van der Waals surface area contributed by atoms with Gasteiger partial charge in [-0.15, -0.1) is 23.4 Å². The maximum Gasteiger partial charge on any atom is 0.573 e. The molecule has 0 amide bonds. The molecule has 0 unspecified atom stereocenters. The number of alkyl halides is 5. The Kier molecular flexibility index (Phi) is 5.79. The van der Waals surface area contributed by atoms with Crippen molar-refractivity contribution in [3.8, 4) is 16.9 Å². The minimum atomic E-state index is -4.81. The number of halogens is 5. The fourth-order valence-corrected chi connectivity index (χ4v) is 3.86. The Bertz CT molecular complexity index is 1550. The first-order chi connectivity index (χ1) is 17.1. The molecule has 11 heteroatoms. The van der Waals surface area contributed by atoms with Gasteiger partial charge in [-0.05, 0) is 60.0 Å². The van der Waals surface area contributed by atoms with Gasteiger partial charge in [-0.1, -0.05) is 30.3 Å². The first-order valence-corrected chi connectivity index (χ1v) is 10.7. The van der Waals surface area contributed by atoms with E-state index < -0.39 is 30.7 Å². The van der Waals surface area contributed by atoms with E-state index in [0.717, 1.165) is 16.5 Å². The van der Waals surface area contributed by atoms with Crippen molar-refractivity contribution in [2.75, 3.05) is 0 Å². The highest BCUT2D eigenvalue weighted by Gasteiger charge is 2.39. The van der Waals surface area contributed by atoms with Gasteiger partial charge in [-0.3, -0.25) is 9.38 Å². The number of aromatic nitrogens is 4. The third-order valence-corrected chi connectivity index (χ3v) is 5.42.